The third-order valence-corrected chi connectivity index (χ3v) is 2.88. The molecular formula is C13H17ClN2O3. The number of nitro benzene ring substituents is 1. The summed E-state index contributed by atoms with van der Waals surface area (Å²) in [4.78, 5) is 24.3. The second-order valence-corrected chi connectivity index (χ2v) is 5.09. The van der Waals surface area contributed by atoms with Crippen LogP contribution in [0, 0.1) is 16.0 Å². The van der Waals surface area contributed by atoms with Gasteiger partial charge in [-0.3, -0.25) is 14.9 Å². The predicted molar refractivity (Wildman–Crippen MR) is 74.5 cm³/mol. The molecule has 1 aromatic rings. The molecule has 0 radical (unpaired) electrons. The molecule has 1 aromatic carbocycles. The number of nitrogens with zero attached hydrogens (tertiary/aromatic N) is 2. The third-order valence-electron chi connectivity index (χ3n) is 2.64. The molecule has 0 aliphatic carbocycles. The molecule has 0 bridgehead atoms. The summed E-state index contributed by atoms with van der Waals surface area (Å²) >= 11 is 5.83. The molecule has 0 atom stereocenters. The Hall–Kier alpha value is -1.62. The summed E-state index contributed by atoms with van der Waals surface area (Å²) in [5, 5.41) is 11.3. The van der Waals surface area contributed by atoms with Crippen molar-refractivity contribution < 1.29 is 9.72 Å². The molecule has 0 aliphatic rings. The van der Waals surface area contributed by atoms with E-state index in [9.17, 15) is 14.9 Å². The summed E-state index contributed by atoms with van der Waals surface area (Å²) in [6.45, 7) is 6.88. The first-order valence-corrected chi connectivity index (χ1v) is 6.47. The highest BCUT2D eigenvalue weighted by atomic mass is 35.5. The zero-order valence-electron chi connectivity index (χ0n) is 11.2. The molecule has 0 fully saturated rings. The van der Waals surface area contributed by atoms with E-state index in [4.69, 9.17) is 11.6 Å². The maximum Gasteiger partial charge on any atom is 0.282 e. The van der Waals surface area contributed by atoms with Gasteiger partial charge in [0.1, 0.15) is 5.56 Å². The second-order valence-electron chi connectivity index (χ2n) is 4.66. The molecule has 0 saturated carbocycles. The van der Waals surface area contributed by atoms with Gasteiger partial charge in [-0.15, -0.1) is 0 Å². The van der Waals surface area contributed by atoms with Crippen LogP contribution in [0.5, 0.6) is 0 Å². The van der Waals surface area contributed by atoms with Gasteiger partial charge in [-0.2, -0.15) is 0 Å². The van der Waals surface area contributed by atoms with Crippen LogP contribution in [-0.4, -0.2) is 28.8 Å². The number of halogens is 1. The fraction of sp³-hybridized carbons (Fsp3) is 0.462. The average Bonchev–Trinajstić information content (AvgIpc) is 2.34. The summed E-state index contributed by atoms with van der Waals surface area (Å²) in [5.74, 6) is -0.0625. The maximum absolute atomic E-state index is 12.4. The van der Waals surface area contributed by atoms with Crippen molar-refractivity contribution in [3.63, 3.8) is 0 Å². The van der Waals surface area contributed by atoms with Gasteiger partial charge in [0, 0.05) is 24.2 Å². The summed E-state index contributed by atoms with van der Waals surface area (Å²) in [7, 11) is 0. The van der Waals surface area contributed by atoms with Crippen molar-refractivity contribution in [3.8, 4) is 0 Å². The summed E-state index contributed by atoms with van der Waals surface area (Å²) in [5.41, 5.74) is -0.170. The lowest BCUT2D eigenvalue weighted by atomic mass is 10.1. The van der Waals surface area contributed by atoms with Crippen LogP contribution in [0.25, 0.3) is 0 Å². The molecule has 6 heteroatoms. The number of hydrogen-bond donors (Lipinski definition) is 0. The smallest absolute Gasteiger partial charge is 0.282 e. The number of amides is 1. The van der Waals surface area contributed by atoms with Crippen molar-refractivity contribution in [2.75, 3.05) is 13.1 Å². The van der Waals surface area contributed by atoms with E-state index in [-0.39, 0.29) is 17.2 Å². The highest BCUT2D eigenvalue weighted by Gasteiger charge is 2.24. The predicted octanol–water partition coefficient (Wildman–Crippen LogP) is 3.37. The highest BCUT2D eigenvalue weighted by Crippen LogP contribution is 2.24. The Balaban J connectivity index is 3.16. The van der Waals surface area contributed by atoms with Crippen LogP contribution in [0.1, 0.15) is 31.1 Å². The van der Waals surface area contributed by atoms with Crippen molar-refractivity contribution in [1.82, 2.24) is 4.90 Å². The van der Waals surface area contributed by atoms with Gasteiger partial charge in [0.05, 0.1) is 4.92 Å². The lowest BCUT2D eigenvalue weighted by molar-refractivity contribution is -0.385. The van der Waals surface area contributed by atoms with E-state index in [1.165, 1.54) is 18.2 Å². The summed E-state index contributed by atoms with van der Waals surface area (Å²) in [6, 6.07) is 4.03. The number of hydrogen-bond acceptors (Lipinski definition) is 3. The van der Waals surface area contributed by atoms with E-state index < -0.39 is 4.92 Å². The van der Waals surface area contributed by atoms with E-state index in [1.54, 1.807) is 4.90 Å². The van der Waals surface area contributed by atoms with Crippen molar-refractivity contribution in [3.05, 3.63) is 38.9 Å². The fourth-order valence-electron chi connectivity index (χ4n) is 1.81. The number of benzene rings is 1. The minimum Gasteiger partial charge on any atom is -0.338 e. The standard InChI is InChI=1S/C13H17ClN2O3/c1-4-15(8-9(2)3)13(17)11-7-10(14)5-6-12(11)16(18)19/h5-7,9H,4,8H2,1-3H3. The van der Waals surface area contributed by atoms with Gasteiger partial charge in [0.15, 0.2) is 0 Å². The molecule has 0 saturated heterocycles. The Labute approximate surface area is 117 Å². The van der Waals surface area contributed by atoms with E-state index in [0.717, 1.165) is 0 Å². The first kappa shape index (κ1) is 15.4. The van der Waals surface area contributed by atoms with E-state index in [0.29, 0.717) is 24.0 Å². The molecule has 0 aromatic heterocycles. The zero-order chi connectivity index (χ0) is 14.6. The minimum atomic E-state index is -0.563. The fourth-order valence-corrected chi connectivity index (χ4v) is 1.98. The van der Waals surface area contributed by atoms with Crippen molar-refractivity contribution in [1.29, 1.82) is 0 Å². The number of nitro groups is 1. The molecule has 104 valence electrons. The largest absolute Gasteiger partial charge is 0.338 e. The molecule has 1 amide bonds. The van der Waals surface area contributed by atoms with Crippen molar-refractivity contribution in [2.45, 2.75) is 20.8 Å². The number of carbonyl (C=O) groups is 1. The number of carbonyl (C=O) groups excluding carboxylic acids is 1. The first-order valence-electron chi connectivity index (χ1n) is 6.10. The Morgan fingerprint density at radius 2 is 2.11 bits per heavy atom. The minimum absolute atomic E-state index is 0.0417. The summed E-state index contributed by atoms with van der Waals surface area (Å²) < 4.78 is 0. The maximum atomic E-state index is 12.4. The molecule has 19 heavy (non-hydrogen) atoms. The average molecular weight is 285 g/mol. The monoisotopic (exact) mass is 284 g/mol. The lowest BCUT2D eigenvalue weighted by Gasteiger charge is -2.22. The van der Waals surface area contributed by atoms with E-state index in [2.05, 4.69) is 0 Å². The Morgan fingerprint density at radius 1 is 1.47 bits per heavy atom. The van der Waals surface area contributed by atoms with Crippen LogP contribution in [0.2, 0.25) is 5.02 Å². The van der Waals surface area contributed by atoms with Crippen LogP contribution in [0.15, 0.2) is 18.2 Å². The molecule has 1 rings (SSSR count). The molecule has 5 nitrogen and oxygen atoms in total. The van der Waals surface area contributed by atoms with Crippen molar-refractivity contribution >= 4 is 23.2 Å². The molecule has 0 N–H and O–H groups in total. The van der Waals surface area contributed by atoms with Gasteiger partial charge in [-0.1, -0.05) is 25.4 Å². The number of rotatable bonds is 5. The normalized spacial score (nSPS) is 10.6. The van der Waals surface area contributed by atoms with Gasteiger partial charge >= 0.3 is 0 Å². The lowest BCUT2D eigenvalue weighted by Crippen LogP contribution is -2.34. The SMILES string of the molecule is CCN(CC(C)C)C(=O)c1cc(Cl)ccc1[N+](=O)[O-]. The molecule has 0 aliphatic heterocycles. The van der Waals surface area contributed by atoms with Gasteiger partial charge in [-0.25, -0.2) is 0 Å². The zero-order valence-corrected chi connectivity index (χ0v) is 12.0. The molecule has 0 heterocycles. The van der Waals surface area contributed by atoms with Gasteiger partial charge in [0.25, 0.3) is 11.6 Å². The third kappa shape index (κ3) is 3.92. The van der Waals surface area contributed by atoms with Crippen LogP contribution >= 0.6 is 11.6 Å². The second kappa shape index (κ2) is 6.52. The molecule has 0 unspecified atom stereocenters. The van der Waals surface area contributed by atoms with Crippen molar-refractivity contribution in [2.24, 2.45) is 5.92 Å². The Bertz CT molecular complexity index is 489. The first-order chi connectivity index (χ1) is 8.86. The quantitative estimate of drug-likeness (QED) is 0.615. The van der Waals surface area contributed by atoms with Crippen LogP contribution in [0.3, 0.4) is 0 Å². The van der Waals surface area contributed by atoms with Crippen LogP contribution < -0.4 is 0 Å². The van der Waals surface area contributed by atoms with Gasteiger partial charge < -0.3 is 4.90 Å². The summed E-state index contributed by atoms with van der Waals surface area (Å²) in [6.07, 6.45) is 0. The van der Waals surface area contributed by atoms with Gasteiger partial charge in [-0.05, 0) is 25.0 Å². The van der Waals surface area contributed by atoms with Crippen LogP contribution in [-0.2, 0) is 0 Å². The van der Waals surface area contributed by atoms with E-state index >= 15 is 0 Å². The molecule has 0 spiro atoms. The Morgan fingerprint density at radius 3 is 2.58 bits per heavy atom. The van der Waals surface area contributed by atoms with E-state index in [1.807, 2.05) is 20.8 Å². The Kier molecular flexibility index (Phi) is 5.30. The highest BCUT2D eigenvalue weighted by molar-refractivity contribution is 6.31. The van der Waals surface area contributed by atoms with Crippen LogP contribution in [0.4, 0.5) is 5.69 Å². The van der Waals surface area contributed by atoms with Gasteiger partial charge in [0.2, 0.25) is 0 Å². The topological polar surface area (TPSA) is 63.5 Å². The molecular weight excluding hydrogens is 268 g/mol.